The molecule has 7 nitrogen and oxygen atoms in total. The van der Waals surface area contributed by atoms with E-state index in [-0.39, 0.29) is 5.69 Å². The maximum Gasteiger partial charge on any atom is 0.273 e. The van der Waals surface area contributed by atoms with Gasteiger partial charge >= 0.3 is 0 Å². The number of rotatable bonds is 7. The summed E-state index contributed by atoms with van der Waals surface area (Å²) in [6, 6.07) is 4.33. The van der Waals surface area contributed by atoms with Crippen LogP contribution in [0.15, 0.2) is 18.2 Å². The molecular weight excluding hydrogens is 292 g/mol. The number of hydrogen-bond donors (Lipinski definition) is 2. The predicted molar refractivity (Wildman–Crippen MR) is 87.0 cm³/mol. The fourth-order valence-electron chi connectivity index (χ4n) is 1.66. The summed E-state index contributed by atoms with van der Waals surface area (Å²) in [5.74, 6) is 0.377. The van der Waals surface area contributed by atoms with E-state index in [2.05, 4.69) is 15.5 Å². The molecule has 21 heavy (non-hydrogen) atoms. The van der Waals surface area contributed by atoms with E-state index in [1.165, 1.54) is 19.2 Å². The zero-order chi connectivity index (χ0) is 15.8. The summed E-state index contributed by atoms with van der Waals surface area (Å²) < 4.78 is 5.13. The Bertz CT molecular complexity index is 508. The van der Waals surface area contributed by atoms with Crippen LogP contribution in [-0.2, 0) is 0 Å². The fraction of sp³-hybridized carbons (Fsp3) is 0.462. The smallest absolute Gasteiger partial charge is 0.273 e. The first-order valence-corrected chi connectivity index (χ1v) is 6.87. The quantitative estimate of drug-likeness (QED) is 0.344. The van der Waals surface area contributed by atoms with E-state index < -0.39 is 4.92 Å². The highest BCUT2D eigenvalue weighted by Gasteiger charge is 2.12. The molecule has 0 saturated carbocycles. The largest absolute Gasteiger partial charge is 0.494 e. The van der Waals surface area contributed by atoms with Gasteiger partial charge in [-0.2, -0.15) is 0 Å². The summed E-state index contributed by atoms with van der Waals surface area (Å²) in [6.07, 6.45) is 0.965. The third kappa shape index (κ3) is 5.92. The summed E-state index contributed by atoms with van der Waals surface area (Å²) in [6.45, 7) is 1.72. The molecule has 0 amide bonds. The van der Waals surface area contributed by atoms with Crippen LogP contribution in [0.1, 0.15) is 6.42 Å². The minimum atomic E-state index is -0.468. The average Bonchev–Trinajstić information content (AvgIpc) is 2.43. The fourth-order valence-corrected chi connectivity index (χ4v) is 1.87. The molecule has 0 atom stereocenters. The van der Waals surface area contributed by atoms with Gasteiger partial charge in [-0.15, -0.1) is 0 Å². The molecule has 0 aromatic heterocycles. The summed E-state index contributed by atoms with van der Waals surface area (Å²) in [5, 5.41) is 17.2. The Hall–Kier alpha value is -1.93. The third-order valence-corrected chi connectivity index (χ3v) is 2.96. The highest BCUT2D eigenvalue weighted by atomic mass is 32.1. The zero-order valence-electron chi connectivity index (χ0n) is 12.4. The number of nitrogens with one attached hydrogen (secondary N) is 2. The Labute approximate surface area is 129 Å². The highest BCUT2D eigenvalue weighted by Crippen LogP contribution is 2.28. The van der Waals surface area contributed by atoms with Crippen LogP contribution in [0.3, 0.4) is 0 Å². The number of nitrogens with zero attached hydrogens (tertiary/aromatic N) is 2. The molecule has 1 aromatic rings. The van der Waals surface area contributed by atoms with Crippen molar-refractivity contribution in [3.63, 3.8) is 0 Å². The van der Waals surface area contributed by atoms with Crippen molar-refractivity contribution in [2.24, 2.45) is 0 Å². The lowest BCUT2D eigenvalue weighted by Crippen LogP contribution is -2.31. The van der Waals surface area contributed by atoms with Crippen molar-refractivity contribution < 1.29 is 9.66 Å². The van der Waals surface area contributed by atoms with Crippen LogP contribution in [0, 0.1) is 10.1 Å². The van der Waals surface area contributed by atoms with Crippen molar-refractivity contribution in [3.05, 3.63) is 28.3 Å². The molecular formula is C13H20N4O3S. The van der Waals surface area contributed by atoms with Crippen LogP contribution < -0.4 is 15.4 Å². The predicted octanol–water partition coefficient (Wildman–Crippen LogP) is 1.84. The van der Waals surface area contributed by atoms with E-state index in [4.69, 9.17) is 17.0 Å². The molecule has 116 valence electrons. The second-order valence-electron chi connectivity index (χ2n) is 4.68. The van der Waals surface area contributed by atoms with Crippen molar-refractivity contribution in [1.82, 2.24) is 10.2 Å². The minimum Gasteiger partial charge on any atom is -0.494 e. The van der Waals surface area contributed by atoms with Crippen molar-refractivity contribution in [3.8, 4) is 5.75 Å². The maximum atomic E-state index is 10.7. The Morgan fingerprint density at radius 1 is 1.48 bits per heavy atom. The number of nitro groups is 1. The van der Waals surface area contributed by atoms with E-state index >= 15 is 0 Å². The summed E-state index contributed by atoms with van der Waals surface area (Å²) >= 11 is 5.18. The van der Waals surface area contributed by atoms with Gasteiger partial charge in [0, 0.05) is 12.6 Å². The number of nitro benzene ring substituents is 1. The molecule has 0 spiro atoms. The molecule has 0 heterocycles. The lowest BCUT2D eigenvalue weighted by molar-refractivity contribution is -0.384. The number of ether oxygens (including phenoxy) is 1. The van der Waals surface area contributed by atoms with E-state index in [9.17, 15) is 10.1 Å². The maximum absolute atomic E-state index is 10.7. The standard InChI is InChI=1S/C13H20N4O3S/c1-16(2)8-4-7-14-13(21)15-11-6-5-10(17(18)19)9-12(11)20-3/h5-6,9H,4,7-8H2,1-3H3,(H2,14,15,21). The molecule has 0 aliphatic rings. The van der Waals surface area contributed by atoms with Gasteiger partial charge in [0.1, 0.15) is 5.75 Å². The normalized spacial score (nSPS) is 10.3. The number of anilines is 1. The molecule has 8 heteroatoms. The van der Waals surface area contributed by atoms with Crippen LogP contribution in [0.4, 0.5) is 11.4 Å². The molecule has 0 aliphatic carbocycles. The molecule has 1 rings (SSSR count). The van der Waals surface area contributed by atoms with Gasteiger partial charge in [0.15, 0.2) is 5.11 Å². The van der Waals surface area contributed by atoms with E-state index in [1.54, 1.807) is 6.07 Å². The Morgan fingerprint density at radius 2 is 2.19 bits per heavy atom. The molecule has 0 saturated heterocycles. The van der Waals surface area contributed by atoms with Gasteiger partial charge in [-0.3, -0.25) is 10.1 Å². The van der Waals surface area contributed by atoms with Crippen molar-refractivity contribution >= 4 is 28.7 Å². The lowest BCUT2D eigenvalue weighted by atomic mass is 10.2. The zero-order valence-corrected chi connectivity index (χ0v) is 13.2. The van der Waals surface area contributed by atoms with E-state index in [0.717, 1.165) is 19.5 Å². The molecule has 0 aliphatic heterocycles. The SMILES string of the molecule is COc1cc([N+](=O)[O-])ccc1NC(=S)NCCCN(C)C. The van der Waals surface area contributed by atoms with Crippen molar-refractivity contribution in [2.75, 3.05) is 39.6 Å². The van der Waals surface area contributed by atoms with Gasteiger partial charge in [-0.25, -0.2) is 0 Å². The molecule has 2 N–H and O–H groups in total. The van der Waals surface area contributed by atoms with Gasteiger partial charge in [0.05, 0.1) is 23.8 Å². The van der Waals surface area contributed by atoms with Crippen molar-refractivity contribution in [1.29, 1.82) is 0 Å². The number of benzene rings is 1. The first-order chi connectivity index (χ1) is 9.93. The first kappa shape index (κ1) is 17.1. The minimum absolute atomic E-state index is 0.0257. The summed E-state index contributed by atoms with van der Waals surface area (Å²) in [4.78, 5) is 12.3. The second-order valence-corrected chi connectivity index (χ2v) is 5.09. The highest BCUT2D eigenvalue weighted by molar-refractivity contribution is 7.80. The van der Waals surface area contributed by atoms with E-state index in [1.807, 2.05) is 14.1 Å². The molecule has 0 fully saturated rings. The average molecular weight is 312 g/mol. The van der Waals surface area contributed by atoms with Crippen LogP contribution in [0.5, 0.6) is 5.75 Å². The van der Waals surface area contributed by atoms with Gasteiger partial charge in [0.25, 0.3) is 5.69 Å². The van der Waals surface area contributed by atoms with Gasteiger partial charge in [0.2, 0.25) is 0 Å². The van der Waals surface area contributed by atoms with Crippen LogP contribution in [0.2, 0.25) is 0 Å². The Balaban J connectivity index is 2.57. The number of hydrogen-bond acceptors (Lipinski definition) is 5. The summed E-state index contributed by atoms with van der Waals surface area (Å²) in [7, 11) is 5.48. The number of thiocarbonyl (C=S) groups is 1. The van der Waals surface area contributed by atoms with E-state index in [0.29, 0.717) is 16.5 Å². The van der Waals surface area contributed by atoms with Gasteiger partial charge in [-0.05, 0) is 45.3 Å². The molecule has 1 aromatic carbocycles. The second kappa shape index (κ2) is 8.38. The topological polar surface area (TPSA) is 79.7 Å². The molecule has 0 radical (unpaired) electrons. The Kier molecular flexibility index (Phi) is 6.83. The number of methoxy groups -OCH3 is 1. The lowest BCUT2D eigenvalue weighted by Gasteiger charge is -2.14. The van der Waals surface area contributed by atoms with Crippen LogP contribution in [-0.4, -0.2) is 49.2 Å². The monoisotopic (exact) mass is 312 g/mol. The van der Waals surface area contributed by atoms with Gasteiger partial charge in [-0.1, -0.05) is 0 Å². The molecule has 0 unspecified atom stereocenters. The van der Waals surface area contributed by atoms with Crippen LogP contribution >= 0.6 is 12.2 Å². The summed E-state index contributed by atoms with van der Waals surface area (Å²) in [5.41, 5.74) is 0.565. The van der Waals surface area contributed by atoms with Crippen molar-refractivity contribution in [2.45, 2.75) is 6.42 Å². The Morgan fingerprint density at radius 3 is 2.76 bits per heavy atom. The van der Waals surface area contributed by atoms with Gasteiger partial charge < -0.3 is 20.3 Å². The molecule has 0 bridgehead atoms. The number of non-ortho nitro benzene ring substituents is 1. The first-order valence-electron chi connectivity index (χ1n) is 6.46. The van der Waals surface area contributed by atoms with Crippen LogP contribution in [0.25, 0.3) is 0 Å². The third-order valence-electron chi connectivity index (χ3n) is 2.71.